The summed E-state index contributed by atoms with van der Waals surface area (Å²) >= 11 is 6.76. The maximum Gasteiger partial charge on any atom is 0.125 e. The van der Waals surface area contributed by atoms with Crippen LogP contribution in [0.15, 0.2) is 21.4 Å². The average molecular weight is 260 g/mol. The van der Waals surface area contributed by atoms with Gasteiger partial charge in [-0.05, 0) is 28.9 Å². The van der Waals surface area contributed by atoms with Gasteiger partial charge in [-0.15, -0.1) is 22.7 Å². The number of thiazole rings is 1. The van der Waals surface area contributed by atoms with E-state index in [4.69, 9.17) is 0 Å². The molecule has 0 atom stereocenters. The Morgan fingerprint density at radius 3 is 2.67 bits per heavy atom. The van der Waals surface area contributed by atoms with E-state index in [-0.39, 0.29) is 0 Å². The zero-order chi connectivity index (χ0) is 8.55. The SMILES string of the molecule is Cc1cc(-c2nc(Br)cs2)cs1. The third-order valence-electron chi connectivity index (χ3n) is 1.45. The highest BCUT2D eigenvalue weighted by Crippen LogP contribution is 2.29. The summed E-state index contributed by atoms with van der Waals surface area (Å²) in [6.07, 6.45) is 0. The molecule has 12 heavy (non-hydrogen) atoms. The Bertz CT molecular complexity index is 353. The van der Waals surface area contributed by atoms with E-state index in [0.717, 1.165) is 9.61 Å². The maximum absolute atomic E-state index is 4.34. The zero-order valence-electron chi connectivity index (χ0n) is 6.37. The number of rotatable bonds is 1. The second-order valence-electron chi connectivity index (χ2n) is 2.42. The predicted molar refractivity (Wildman–Crippen MR) is 57.9 cm³/mol. The van der Waals surface area contributed by atoms with Crippen molar-refractivity contribution in [3.63, 3.8) is 0 Å². The van der Waals surface area contributed by atoms with Gasteiger partial charge in [0.2, 0.25) is 0 Å². The fourth-order valence-electron chi connectivity index (χ4n) is 0.942. The van der Waals surface area contributed by atoms with Crippen molar-refractivity contribution in [2.45, 2.75) is 6.92 Å². The van der Waals surface area contributed by atoms with Crippen LogP contribution < -0.4 is 0 Å². The summed E-state index contributed by atoms with van der Waals surface area (Å²) in [5.41, 5.74) is 1.23. The van der Waals surface area contributed by atoms with E-state index in [1.165, 1.54) is 10.4 Å². The van der Waals surface area contributed by atoms with Gasteiger partial charge in [-0.3, -0.25) is 0 Å². The summed E-state index contributed by atoms with van der Waals surface area (Å²) in [4.78, 5) is 5.67. The molecule has 4 heteroatoms. The molecule has 2 rings (SSSR count). The minimum atomic E-state index is 0.923. The molecule has 0 saturated heterocycles. The molecule has 0 unspecified atom stereocenters. The fraction of sp³-hybridized carbons (Fsp3) is 0.125. The molecule has 0 aliphatic rings. The molecule has 0 fully saturated rings. The van der Waals surface area contributed by atoms with Crippen molar-refractivity contribution in [2.24, 2.45) is 0 Å². The maximum atomic E-state index is 4.34. The van der Waals surface area contributed by atoms with Gasteiger partial charge in [0, 0.05) is 21.2 Å². The van der Waals surface area contributed by atoms with Crippen LogP contribution in [-0.2, 0) is 0 Å². The topological polar surface area (TPSA) is 12.9 Å². The van der Waals surface area contributed by atoms with Crippen LogP contribution in [0.1, 0.15) is 4.88 Å². The van der Waals surface area contributed by atoms with Crippen LogP contribution in [0.3, 0.4) is 0 Å². The number of aryl methyl sites for hydroxylation is 1. The highest BCUT2D eigenvalue weighted by molar-refractivity contribution is 9.10. The number of aromatic nitrogens is 1. The third kappa shape index (κ3) is 1.60. The van der Waals surface area contributed by atoms with Crippen molar-refractivity contribution < 1.29 is 0 Å². The number of nitrogens with zero attached hydrogens (tertiary/aromatic N) is 1. The Balaban J connectivity index is 2.43. The molecule has 62 valence electrons. The standard InChI is InChI=1S/C8H6BrNS2/c1-5-2-6(3-11-5)8-10-7(9)4-12-8/h2-4H,1H3. The van der Waals surface area contributed by atoms with Crippen molar-refractivity contribution in [3.8, 4) is 10.6 Å². The summed E-state index contributed by atoms with van der Waals surface area (Å²) in [5, 5.41) is 5.23. The van der Waals surface area contributed by atoms with E-state index in [0.29, 0.717) is 0 Å². The molecule has 0 radical (unpaired) electrons. The molecule has 0 amide bonds. The van der Waals surface area contributed by atoms with E-state index in [1.54, 1.807) is 22.7 Å². The highest BCUT2D eigenvalue weighted by Gasteiger charge is 2.03. The summed E-state index contributed by atoms with van der Waals surface area (Å²) in [6, 6.07) is 2.16. The number of hydrogen-bond acceptors (Lipinski definition) is 3. The van der Waals surface area contributed by atoms with Crippen molar-refractivity contribution in [3.05, 3.63) is 26.3 Å². The van der Waals surface area contributed by atoms with Crippen molar-refractivity contribution in [1.82, 2.24) is 4.98 Å². The lowest BCUT2D eigenvalue weighted by Gasteiger charge is -1.85. The van der Waals surface area contributed by atoms with E-state index >= 15 is 0 Å². The first-order valence-corrected chi connectivity index (χ1v) is 5.97. The minimum Gasteiger partial charge on any atom is -0.229 e. The first kappa shape index (κ1) is 8.41. The van der Waals surface area contributed by atoms with Gasteiger partial charge in [0.15, 0.2) is 0 Å². The van der Waals surface area contributed by atoms with E-state index < -0.39 is 0 Å². The molecule has 0 spiro atoms. The Morgan fingerprint density at radius 1 is 1.33 bits per heavy atom. The lowest BCUT2D eigenvalue weighted by molar-refractivity contribution is 1.36. The first-order valence-electron chi connectivity index (χ1n) is 3.42. The van der Waals surface area contributed by atoms with Gasteiger partial charge in [-0.2, -0.15) is 0 Å². The van der Waals surface area contributed by atoms with Crippen molar-refractivity contribution in [2.75, 3.05) is 0 Å². The van der Waals surface area contributed by atoms with Crippen LogP contribution in [0.4, 0.5) is 0 Å². The van der Waals surface area contributed by atoms with Gasteiger partial charge in [0.1, 0.15) is 9.61 Å². The number of halogens is 1. The number of hydrogen-bond donors (Lipinski definition) is 0. The predicted octanol–water partition coefficient (Wildman–Crippen LogP) is 3.94. The molecule has 0 aromatic carbocycles. The highest BCUT2D eigenvalue weighted by atomic mass is 79.9. The van der Waals surface area contributed by atoms with Crippen LogP contribution in [0.2, 0.25) is 0 Å². The Labute approximate surface area is 87.2 Å². The molecule has 2 heterocycles. The molecule has 0 aliphatic carbocycles. The zero-order valence-corrected chi connectivity index (χ0v) is 9.59. The van der Waals surface area contributed by atoms with Crippen LogP contribution in [-0.4, -0.2) is 4.98 Å². The molecule has 2 aromatic rings. The average Bonchev–Trinajstić information content (AvgIpc) is 2.58. The van der Waals surface area contributed by atoms with Crippen LogP contribution >= 0.6 is 38.6 Å². The molecule has 1 nitrogen and oxygen atoms in total. The molecule has 0 saturated carbocycles. The largest absolute Gasteiger partial charge is 0.229 e. The van der Waals surface area contributed by atoms with Crippen LogP contribution in [0.25, 0.3) is 10.6 Å². The molecule has 2 aromatic heterocycles. The summed E-state index contributed by atoms with van der Waals surface area (Å²) < 4.78 is 0.923. The minimum absolute atomic E-state index is 0.923. The normalized spacial score (nSPS) is 10.5. The lowest BCUT2D eigenvalue weighted by atomic mass is 10.3. The first-order chi connectivity index (χ1) is 5.75. The van der Waals surface area contributed by atoms with Gasteiger partial charge in [-0.1, -0.05) is 0 Å². The monoisotopic (exact) mass is 259 g/mol. The fourth-order valence-corrected chi connectivity index (χ4v) is 2.95. The van der Waals surface area contributed by atoms with Crippen molar-refractivity contribution in [1.29, 1.82) is 0 Å². The molecule has 0 aliphatic heterocycles. The number of thiophene rings is 1. The van der Waals surface area contributed by atoms with E-state index in [9.17, 15) is 0 Å². The molecular formula is C8H6BrNS2. The smallest absolute Gasteiger partial charge is 0.125 e. The molecule has 0 N–H and O–H groups in total. The van der Waals surface area contributed by atoms with Crippen LogP contribution in [0, 0.1) is 6.92 Å². The molecule has 0 bridgehead atoms. The van der Waals surface area contributed by atoms with Crippen LogP contribution in [0.5, 0.6) is 0 Å². The Kier molecular flexibility index (Phi) is 2.30. The summed E-state index contributed by atoms with van der Waals surface area (Å²) in [7, 11) is 0. The van der Waals surface area contributed by atoms with Gasteiger partial charge in [0.25, 0.3) is 0 Å². The Morgan fingerprint density at radius 2 is 2.17 bits per heavy atom. The third-order valence-corrected chi connectivity index (χ3v) is 3.92. The summed E-state index contributed by atoms with van der Waals surface area (Å²) in [5.74, 6) is 0. The Hall–Kier alpha value is -0.190. The van der Waals surface area contributed by atoms with Crippen molar-refractivity contribution >= 4 is 38.6 Å². The lowest BCUT2D eigenvalue weighted by Crippen LogP contribution is -1.68. The van der Waals surface area contributed by atoms with Gasteiger partial charge in [-0.25, -0.2) is 4.98 Å². The van der Waals surface area contributed by atoms with Gasteiger partial charge < -0.3 is 0 Å². The van der Waals surface area contributed by atoms with Gasteiger partial charge >= 0.3 is 0 Å². The second kappa shape index (κ2) is 3.28. The quantitative estimate of drug-likeness (QED) is 0.756. The van der Waals surface area contributed by atoms with E-state index in [1.807, 2.05) is 5.38 Å². The second-order valence-corrected chi connectivity index (χ2v) is 5.21. The van der Waals surface area contributed by atoms with Gasteiger partial charge in [0.05, 0.1) is 0 Å². The van der Waals surface area contributed by atoms with E-state index in [2.05, 4.69) is 39.3 Å². The molecular weight excluding hydrogens is 254 g/mol. The summed E-state index contributed by atoms with van der Waals surface area (Å²) in [6.45, 7) is 2.11.